The molecule has 26 heavy (non-hydrogen) atoms. The summed E-state index contributed by atoms with van der Waals surface area (Å²) in [5, 5.41) is 40.8. The quantitative estimate of drug-likeness (QED) is 0.321. The monoisotopic (exact) mass is 348 g/mol. The molecule has 0 spiro atoms. The minimum Gasteiger partial charge on any atom is -0.504 e. The smallest absolute Gasteiger partial charge is 0.205 e. The van der Waals surface area contributed by atoms with Crippen LogP contribution in [0.15, 0.2) is 49.1 Å². The van der Waals surface area contributed by atoms with E-state index < -0.39 is 23.0 Å². The van der Waals surface area contributed by atoms with E-state index in [9.17, 15) is 20.4 Å². The summed E-state index contributed by atoms with van der Waals surface area (Å²) >= 11 is 0. The molecule has 0 bridgehead atoms. The van der Waals surface area contributed by atoms with E-state index in [1.54, 1.807) is 30.3 Å². The summed E-state index contributed by atoms with van der Waals surface area (Å²) in [6, 6.07) is 8.63. The van der Waals surface area contributed by atoms with Crippen LogP contribution in [0.3, 0.4) is 0 Å². The van der Waals surface area contributed by atoms with Crippen LogP contribution in [0.4, 0.5) is 0 Å². The molecule has 8 nitrogen and oxygen atoms in total. The molecule has 4 aromatic rings. The van der Waals surface area contributed by atoms with Crippen molar-refractivity contribution < 1.29 is 20.4 Å². The van der Waals surface area contributed by atoms with E-state index in [1.807, 2.05) is 0 Å². The van der Waals surface area contributed by atoms with Gasteiger partial charge in [0.2, 0.25) is 11.5 Å². The Bertz CT molecular complexity index is 1130. The lowest BCUT2D eigenvalue weighted by molar-refractivity contribution is 0.347. The molecular weight excluding hydrogens is 336 g/mol. The highest BCUT2D eigenvalue weighted by Gasteiger charge is 2.26. The second-order valence-electron chi connectivity index (χ2n) is 5.50. The van der Waals surface area contributed by atoms with Crippen molar-refractivity contribution in [1.82, 2.24) is 19.9 Å². The Morgan fingerprint density at radius 3 is 2.12 bits per heavy atom. The average Bonchev–Trinajstić information content (AvgIpc) is 2.69. The van der Waals surface area contributed by atoms with E-state index >= 15 is 0 Å². The van der Waals surface area contributed by atoms with E-state index in [0.717, 1.165) is 0 Å². The number of hydrogen-bond acceptors (Lipinski definition) is 8. The number of nitrogens with zero attached hydrogens (tertiary/aromatic N) is 4. The van der Waals surface area contributed by atoms with E-state index in [1.165, 1.54) is 18.7 Å². The Morgan fingerprint density at radius 1 is 0.692 bits per heavy atom. The predicted octanol–water partition coefficient (Wildman–Crippen LogP) is 2.58. The van der Waals surface area contributed by atoms with Crippen LogP contribution in [-0.2, 0) is 0 Å². The molecule has 128 valence electrons. The molecule has 0 saturated carbocycles. The minimum absolute atomic E-state index is 0.0250. The lowest BCUT2D eigenvalue weighted by atomic mass is 9.94. The number of aromatic nitrogens is 4. The second kappa shape index (κ2) is 5.85. The molecule has 0 unspecified atom stereocenters. The van der Waals surface area contributed by atoms with E-state index in [2.05, 4.69) is 19.9 Å². The van der Waals surface area contributed by atoms with Gasteiger partial charge in [-0.2, -0.15) is 0 Å². The number of hydrogen-bond donors (Lipinski definition) is 4. The summed E-state index contributed by atoms with van der Waals surface area (Å²) in [7, 11) is 0. The molecule has 0 radical (unpaired) electrons. The van der Waals surface area contributed by atoms with Crippen molar-refractivity contribution >= 4 is 11.2 Å². The van der Waals surface area contributed by atoms with Crippen LogP contribution >= 0.6 is 0 Å². The number of benzene rings is 2. The van der Waals surface area contributed by atoms with Crippen molar-refractivity contribution in [2.75, 3.05) is 0 Å². The molecule has 4 N–H and O–H groups in total. The Labute approximate surface area is 146 Å². The van der Waals surface area contributed by atoms with Gasteiger partial charge in [0.1, 0.15) is 11.8 Å². The molecule has 0 saturated heterocycles. The fourth-order valence-electron chi connectivity index (χ4n) is 2.72. The molecule has 2 heterocycles. The van der Waals surface area contributed by atoms with Crippen molar-refractivity contribution in [3.8, 4) is 45.4 Å². The van der Waals surface area contributed by atoms with Crippen LogP contribution < -0.4 is 0 Å². The number of aromatic hydroxyl groups is 4. The van der Waals surface area contributed by atoms with Crippen LogP contribution in [0.5, 0.6) is 23.0 Å². The highest BCUT2D eigenvalue weighted by Crippen LogP contribution is 2.54. The SMILES string of the molecule is Oc1c(O)c(O)c(-c2cnc3cncnc3n2)c(-c2ccccc2)c1O. The Balaban J connectivity index is 2.09. The third-order valence-electron chi connectivity index (χ3n) is 3.94. The van der Waals surface area contributed by atoms with Gasteiger partial charge in [-0.05, 0) is 5.56 Å². The molecule has 0 aliphatic carbocycles. The van der Waals surface area contributed by atoms with Crippen LogP contribution in [0, 0.1) is 0 Å². The van der Waals surface area contributed by atoms with Gasteiger partial charge in [0.05, 0.1) is 23.7 Å². The first-order chi connectivity index (χ1) is 12.6. The first-order valence-corrected chi connectivity index (χ1v) is 7.56. The third-order valence-corrected chi connectivity index (χ3v) is 3.94. The van der Waals surface area contributed by atoms with Gasteiger partial charge in [-0.3, -0.25) is 0 Å². The van der Waals surface area contributed by atoms with E-state index in [-0.39, 0.29) is 22.5 Å². The normalized spacial score (nSPS) is 10.9. The summed E-state index contributed by atoms with van der Waals surface area (Å²) in [5.74, 6) is -2.86. The molecule has 0 aliphatic heterocycles. The molecule has 0 aliphatic rings. The third kappa shape index (κ3) is 2.32. The zero-order valence-electron chi connectivity index (χ0n) is 13.2. The van der Waals surface area contributed by atoms with Gasteiger partial charge in [0.25, 0.3) is 0 Å². The van der Waals surface area contributed by atoms with E-state index in [4.69, 9.17) is 0 Å². The fraction of sp³-hybridized carbons (Fsp3) is 0. The van der Waals surface area contributed by atoms with Gasteiger partial charge in [0.15, 0.2) is 17.1 Å². The Kier molecular flexibility index (Phi) is 3.51. The van der Waals surface area contributed by atoms with Gasteiger partial charge in [0, 0.05) is 5.56 Å². The van der Waals surface area contributed by atoms with Crippen molar-refractivity contribution in [2.24, 2.45) is 0 Å². The highest BCUT2D eigenvalue weighted by atomic mass is 16.3. The zero-order chi connectivity index (χ0) is 18.3. The minimum atomic E-state index is -0.846. The van der Waals surface area contributed by atoms with Crippen LogP contribution in [0.2, 0.25) is 0 Å². The van der Waals surface area contributed by atoms with Gasteiger partial charge < -0.3 is 20.4 Å². The number of fused-ring (bicyclic) bond motifs is 1. The Morgan fingerprint density at radius 2 is 1.38 bits per heavy atom. The zero-order valence-corrected chi connectivity index (χ0v) is 13.2. The number of rotatable bonds is 2. The van der Waals surface area contributed by atoms with E-state index in [0.29, 0.717) is 11.1 Å². The lowest BCUT2D eigenvalue weighted by Crippen LogP contribution is -1.95. The Hall–Kier alpha value is -3.94. The van der Waals surface area contributed by atoms with Gasteiger partial charge in [-0.25, -0.2) is 19.9 Å². The van der Waals surface area contributed by atoms with Crippen LogP contribution in [0.1, 0.15) is 0 Å². The fourth-order valence-corrected chi connectivity index (χ4v) is 2.72. The average molecular weight is 348 g/mol. The highest BCUT2D eigenvalue weighted by molar-refractivity contribution is 5.94. The largest absolute Gasteiger partial charge is 0.504 e. The topological polar surface area (TPSA) is 132 Å². The van der Waals surface area contributed by atoms with Crippen LogP contribution in [-0.4, -0.2) is 40.4 Å². The molecule has 0 atom stereocenters. The van der Waals surface area contributed by atoms with Gasteiger partial charge in [-0.1, -0.05) is 30.3 Å². The van der Waals surface area contributed by atoms with Crippen LogP contribution in [0.25, 0.3) is 33.5 Å². The summed E-state index contributed by atoms with van der Waals surface area (Å²) < 4.78 is 0. The van der Waals surface area contributed by atoms with Crippen molar-refractivity contribution in [3.05, 3.63) is 49.1 Å². The molecule has 2 aromatic carbocycles. The maximum atomic E-state index is 10.4. The van der Waals surface area contributed by atoms with Crippen molar-refractivity contribution in [3.63, 3.8) is 0 Å². The first-order valence-electron chi connectivity index (χ1n) is 7.56. The standard InChI is InChI=1S/C18H12N4O4/c23-14-12(9-4-2-1-3-5-9)13(15(24)17(26)16(14)25)10-7-20-11-6-19-8-21-18(11)22-10/h1-8,23-26H. The van der Waals surface area contributed by atoms with Crippen molar-refractivity contribution in [1.29, 1.82) is 0 Å². The number of phenols is 4. The summed E-state index contributed by atoms with van der Waals surface area (Å²) in [5.41, 5.74) is 1.54. The first kappa shape index (κ1) is 15.6. The lowest BCUT2D eigenvalue weighted by Gasteiger charge is -2.16. The molecular formula is C18H12N4O4. The predicted molar refractivity (Wildman–Crippen MR) is 92.7 cm³/mol. The molecule has 8 heteroatoms. The number of phenolic OH excluding ortho intramolecular Hbond substituents is 4. The molecule has 0 amide bonds. The maximum absolute atomic E-state index is 10.4. The summed E-state index contributed by atoms with van der Waals surface area (Å²) in [6.45, 7) is 0. The molecule has 0 fully saturated rings. The van der Waals surface area contributed by atoms with Crippen molar-refractivity contribution in [2.45, 2.75) is 0 Å². The van der Waals surface area contributed by atoms with Gasteiger partial charge in [-0.15, -0.1) is 0 Å². The molecule has 4 rings (SSSR count). The summed E-state index contributed by atoms with van der Waals surface area (Å²) in [6.07, 6.45) is 4.16. The van der Waals surface area contributed by atoms with Gasteiger partial charge >= 0.3 is 0 Å². The maximum Gasteiger partial charge on any atom is 0.205 e. The second-order valence-corrected chi connectivity index (χ2v) is 5.50. The summed E-state index contributed by atoms with van der Waals surface area (Å²) in [4.78, 5) is 16.4. The molecule has 2 aromatic heterocycles.